The smallest absolute Gasteiger partial charge is 0.111 e. The first kappa shape index (κ1) is 11.8. The fourth-order valence-electron chi connectivity index (χ4n) is 1.94. The molecule has 0 bridgehead atoms. The van der Waals surface area contributed by atoms with Crippen LogP contribution in [-0.4, -0.2) is 22.7 Å². The van der Waals surface area contributed by atoms with Crippen molar-refractivity contribution in [1.82, 2.24) is 10.3 Å². The number of β-amino-alcohol motifs (C(OH)–C–C–N with tert-alkyl or cyclic N) is 1. The third-order valence-corrected chi connectivity index (χ3v) is 3.87. The van der Waals surface area contributed by atoms with E-state index in [0.717, 1.165) is 16.9 Å². The highest BCUT2D eigenvalue weighted by Crippen LogP contribution is 2.30. The molecule has 0 amide bonds. The van der Waals surface area contributed by atoms with E-state index in [9.17, 15) is 5.11 Å². The molecule has 1 saturated heterocycles. The number of benzene rings is 1. The van der Waals surface area contributed by atoms with Crippen LogP contribution in [0, 0.1) is 0 Å². The van der Waals surface area contributed by atoms with Crippen molar-refractivity contribution in [3.8, 4) is 0 Å². The molecule has 5 heteroatoms. The average Bonchev–Trinajstić information content (AvgIpc) is 2.82. The predicted octanol–water partition coefficient (Wildman–Crippen LogP) is 2.11. The summed E-state index contributed by atoms with van der Waals surface area (Å²) in [6.07, 6.45) is 0.557. The number of nitrogens with one attached hydrogen (secondary N) is 1. The largest absolute Gasteiger partial charge is 0.392 e. The lowest BCUT2D eigenvalue weighted by atomic mass is 10.2. The maximum absolute atomic E-state index is 9.45. The minimum Gasteiger partial charge on any atom is -0.392 e. The molecule has 16 heavy (non-hydrogen) atoms. The fraction of sp³-hybridized carbons (Fsp3) is 0.364. The van der Waals surface area contributed by atoms with Gasteiger partial charge in [0, 0.05) is 6.54 Å². The molecule has 3 nitrogen and oxygen atoms in total. The van der Waals surface area contributed by atoms with Crippen LogP contribution in [0.25, 0.3) is 10.2 Å². The van der Waals surface area contributed by atoms with Gasteiger partial charge in [-0.1, -0.05) is 12.1 Å². The highest BCUT2D eigenvalue weighted by molar-refractivity contribution is 7.18. The molecule has 0 unspecified atom stereocenters. The Labute approximate surface area is 104 Å². The van der Waals surface area contributed by atoms with E-state index in [1.54, 1.807) is 11.3 Å². The summed E-state index contributed by atoms with van der Waals surface area (Å²) in [5.41, 5.74) is 1.06. The average molecular weight is 257 g/mol. The number of fused-ring (bicyclic) bond motifs is 1. The monoisotopic (exact) mass is 256 g/mol. The highest BCUT2D eigenvalue weighted by atomic mass is 35.5. The van der Waals surface area contributed by atoms with Gasteiger partial charge < -0.3 is 10.4 Å². The zero-order valence-electron chi connectivity index (χ0n) is 8.59. The van der Waals surface area contributed by atoms with E-state index in [1.807, 2.05) is 18.2 Å². The molecular weight excluding hydrogens is 244 g/mol. The number of hydrogen-bond acceptors (Lipinski definition) is 4. The van der Waals surface area contributed by atoms with Crippen LogP contribution >= 0.6 is 23.7 Å². The quantitative estimate of drug-likeness (QED) is 0.822. The minimum atomic E-state index is -0.220. The molecule has 86 valence electrons. The van der Waals surface area contributed by atoms with E-state index in [-0.39, 0.29) is 24.6 Å². The van der Waals surface area contributed by atoms with Gasteiger partial charge >= 0.3 is 0 Å². The van der Waals surface area contributed by atoms with Crippen molar-refractivity contribution in [1.29, 1.82) is 0 Å². The maximum atomic E-state index is 9.45. The van der Waals surface area contributed by atoms with Gasteiger partial charge in [0.15, 0.2) is 0 Å². The molecule has 1 aliphatic heterocycles. The number of rotatable bonds is 1. The molecule has 3 rings (SSSR count). The summed E-state index contributed by atoms with van der Waals surface area (Å²) in [6, 6.07) is 8.38. The van der Waals surface area contributed by atoms with Crippen LogP contribution in [0.3, 0.4) is 0 Å². The Balaban J connectivity index is 0.000000963. The van der Waals surface area contributed by atoms with Crippen LogP contribution < -0.4 is 5.32 Å². The second kappa shape index (κ2) is 4.67. The molecular formula is C11H13ClN2OS. The van der Waals surface area contributed by atoms with Crippen LogP contribution in [0.1, 0.15) is 17.5 Å². The molecule has 0 radical (unpaired) electrons. The number of thiazole rings is 1. The first-order valence-corrected chi connectivity index (χ1v) is 5.91. The third-order valence-electron chi connectivity index (χ3n) is 2.72. The summed E-state index contributed by atoms with van der Waals surface area (Å²) in [6.45, 7) is 0.681. The number of aromatic nitrogens is 1. The zero-order chi connectivity index (χ0) is 10.3. The number of nitrogens with zero attached hydrogens (tertiary/aromatic N) is 1. The summed E-state index contributed by atoms with van der Waals surface area (Å²) in [7, 11) is 0. The number of aliphatic hydroxyl groups excluding tert-OH is 1. The summed E-state index contributed by atoms with van der Waals surface area (Å²) < 4.78 is 1.22. The lowest BCUT2D eigenvalue weighted by Gasteiger charge is -2.03. The van der Waals surface area contributed by atoms with Crippen LogP contribution in [0.15, 0.2) is 24.3 Å². The normalized spacial score (nSPS) is 24.6. The molecule has 2 aromatic rings. The summed E-state index contributed by atoms with van der Waals surface area (Å²) >= 11 is 1.71. The molecule has 1 aliphatic rings. The zero-order valence-corrected chi connectivity index (χ0v) is 10.2. The SMILES string of the molecule is Cl.O[C@H]1CN[C@H](c2nc3ccccc3s2)C1. The highest BCUT2D eigenvalue weighted by Gasteiger charge is 2.25. The summed E-state index contributed by atoms with van der Waals surface area (Å²) in [4.78, 5) is 4.57. The Morgan fingerprint density at radius 1 is 1.38 bits per heavy atom. The van der Waals surface area contributed by atoms with Crippen molar-refractivity contribution < 1.29 is 5.11 Å². The van der Waals surface area contributed by atoms with E-state index in [2.05, 4.69) is 16.4 Å². The van der Waals surface area contributed by atoms with Crippen LogP contribution in [-0.2, 0) is 0 Å². The Morgan fingerprint density at radius 3 is 2.88 bits per heavy atom. The van der Waals surface area contributed by atoms with E-state index in [0.29, 0.717) is 6.54 Å². The van der Waals surface area contributed by atoms with Gasteiger partial charge in [-0.25, -0.2) is 4.98 Å². The van der Waals surface area contributed by atoms with E-state index in [1.165, 1.54) is 4.70 Å². The molecule has 1 fully saturated rings. The second-order valence-corrected chi connectivity index (χ2v) is 4.93. The fourth-order valence-corrected chi connectivity index (χ4v) is 3.00. The molecule has 2 atom stereocenters. The standard InChI is InChI=1S/C11H12N2OS.ClH/c14-7-5-9(12-6-7)11-13-8-3-1-2-4-10(8)15-11;/h1-4,7,9,12,14H,5-6H2;1H/t7-,9+;/m1./s1. The van der Waals surface area contributed by atoms with Gasteiger partial charge in [-0.05, 0) is 18.6 Å². The van der Waals surface area contributed by atoms with E-state index >= 15 is 0 Å². The number of para-hydroxylation sites is 1. The molecule has 0 saturated carbocycles. The first-order valence-electron chi connectivity index (χ1n) is 5.10. The number of halogens is 1. The number of aliphatic hydroxyl groups is 1. The molecule has 0 spiro atoms. The van der Waals surface area contributed by atoms with Crippen molar-refractivity contribution in [2.24, 2.45) is 0 Å². The van der Waals surface area contributed by atoms with Gasteiger partial charge in [-0.2, -0.15) is 0 Å². The summed E-state index contributed by atoms with van der Waals surface area (Å²) in [5, 5.41) is 13.8. The van der Waals surface area contributed by atoms with Gasteiger partial charge in [-0.15, -0.1) is 23.7 Å². The Kier molecular flexibility index (Phi) is 3.44. The van der Waals surface area contributed by atoms with Crippen molar-refractivity contribution in [2.75, 3.05) is 6.54 Å². The molecule has 0 aliphatic carbocycles. The third kappa shape index (κ3) is 2.06. The lowest BCUT2D eigenvalue weighted by molar-refractivity contribution is 0.193. The Morgan fingerprint density at radius 2 is 2.19 bits per heavy atom. The van der Waals surface area contributed by atoms with Crippen molar-refractivity contribution in [2.45, 2.75) is 18.6 Å². The minimum absolute atomic E-state index is 0. The maximum Gasteiger partial charge on any atom is 0.111 e. The van der Waals surface area contributed by atoms with Crippen LogP contribution in [0.2, 0.25) is 0 Å². The van der Waals surface area contributed by atoms with Gasteiger partial charge in [-0.3, -0.25) is 0 Å². The topological polar surface area (TPSA) is 45.1 Å². The van der Waals surface area contributed by atoms with E-state index < -0.39 is 0 Å². The van der Waals surface area contributed by atoms with Gasteiger partial charge in [0.05, 0.1) is 22.4 Å². The second-order valence-electron chi connectivity index (χ2n) is 3.87. The Bertz CT molecular complexity index is 455. The lowest BCUT2D eigenvalue weighted by Crippen LogP contribution is -2.14. The van der Waals surface area contributed by atoms with Crippen molar-refractivity contribution in [3.63, 3.8) is 0 Å². The van der Waals surface area contributed by atoms with E-state index in [4.69, 9.17) is 0 Å². The van der Waals surface area contributed by atoms with Crippen LogP contribution in [0.4, 0.5) is 0 Å². The molecule has 2 N–H and O–H groups in total. The molecule has 1 aromatic carbocycles. The van der Waals surface area contributed by atoms with Gasteiger partial charge in [0.25, 0.3) is 0 Å². The van der Waals surface area contributed by atoms with Gasteiger partial charge in [0.2, 0.25) is 0 Å². The summed E-state index contributed by atoms with van der Waals surface area (Å²) in [5.74, 6) is 0. The molecule has 1 aromatic heterocycles. The van der Waals surface area contributed by atoms with Crippen molar-refractivity contribution >= 4 is 34.0 Å². The molecule has 2 heterocycles. The van der Waals surface area contributed by atoms with Crippen LogP contribution in [0.5, 0.6) is 0 Å². The predicted molar refractivity (Wildman–Crippen MR) is 68.2 cm³/mol. The number of hydrogen-bond donors (Lipinski definition) is 2. The Hall–Kier alpha value is -0.680. The first-order chi connectivity index (χ1) is 7.33. The van der Waals surface area contributed by atoms with Crippen molar-refractivity contribution in [3.05, 3.63) is 29.3 Å². The van der Waals surface area contributed by atoms with Gasteiger partial charge in [0.1, 0.15) is 5.01 Å².